The van der Waals surface area contributed by atoms with Crippen LogP contribution in [0.3, 0.4) is 0 Å². The van der Waals surface area contributed by atoms with Gasteiger partial charge in [-0.05, 0) is 31.9 Å². The van der Waals surface area contributed by atoms with Crippen LogP contribution in [0, 0.1) is 12.7 Å². The van der Waals surface area contributed by atoms with E-state index < -0.39 is 7.04 Å². The molecule has 9 heteroatoms. The molecule has 8 nitrogen and oxygen atoms in total. The normalized spacial score (nSPS) is 17.6. The van der Waals surface area contributed by atoms with Crippen LogP contribution in [0.2, 0.25) is 0 Å². The SMILES string of the molecule is [2H]C([2H])([2H])Oc1nc(C2CC2)nc2c1CN(c1ncnn3c(C)nc(-c4ccccc4F)c13)CC2. The number of benzene rings is 1. The van der Waals surface area contributed by atoms with E-state index >= 15 is 0 Å². The number of halogens is 1. The van der Waals surface area contributed by atoms with Gasteiger partial charge >= 0.3 is 0 Å². The Morgan fingerprint density at radius 2 is 2.06 bits per heavy atom. The summed E-state index contributed by atoms with van der Waals surface area (Å²) >= 11 is 0. The second-order valence-corrected chi connectivity index (χ2v) is 8.19. The molecule has 0 radical (unpaired) electrons. The molecule has 162 valence electrons. The van der Waals surface area contributed by atoms with E-state index in [-0.39, 0.29) is 17.6 Å². The maximum Gasteiger partial charge on any atom is 0.221 e. The molecule has 0 amide bonds. The predicted molar refractivity (Wildman–Crippen MR) is 116 cm³/mol. The lowest BCUT2D eigenvalue weighted by Crippen LogP contribution is -2.33. The first-order valence-electron chi connectivity index (χ1n) is 12.1. The summed E-state index contributed by atoms with van der Waals surface area (Å²) in [5.74, 6) is 1.77. The van der Waals surface area contributed by atoms with Crippen LogP contribution < -0.4 is 9.64 Å². The standard InChI is InChI=1S/C23H22FN7O/c1-13-27-19(15-5-3-4-6-17(15)24)20-22(25-12-26-31(13)20)30-10-9-18-16(11-30)23(32-2)29-21(28-18)14-7-8-14/h3-6,12,14H,7-11H2,1-2H3/i2D3. The molecule has 3 aromatic heterocycles. The molecule has 4 heterocycles. The van der Waals surface area contributed by atoms with Gasteiger partial charge in [0.1, 0.15) is 35.0 Å². The number of ether oxygens (including phenoxy) is 1. The Morgan fingerprint density at radius 3 is 2.88 bits per heavy atom. The van der Waals surface area contributed by atoms with Gasteiger partial charge in [-0.1, -0.05) is 12.1 Å². The van der Waals surface area contributed by atoms with Crippen LogP contribution in [0.25, 0.3) is 16.8 Å². The molecule has 0 spiro atoms. The number of rotatable bonds is 4. The second kappa shape index (κ2) is 7.22. The van der Waals surface area contributed by atoms with Crippen LogP contribution in [0.4, 0.5) is 10.2 Å². The summed E-state index contributed by atoms with van der Waals surface area (Å²) in [6, 6.07) is 6.46. The van der Waals surface area contributed by atoms with E-state index in [9.17, 15) is 4.39 Å². The van der Waals surface area contributed by atoms with Crippen molar-refractivity contribution in [2.75, 3.05) is 18.5 Å². The van der Waals surface area contributed by atoms with Crippen LogP contribution in [-0.4, -0.2) is 43.1 Å². The van der Waals surface area contributed by atoms with Crippen LogP contribution in [0.15, 0.2) is 30.6 Å². The fourth-order valence-corrected chi connectivity index (χ4v) is 4.32. The highest BCUT2D eigenvalue weighted by molar-refractivity contribution is 5.86. The molecule has 0 bridgehead atoms. The minimum absolute atomic E-state index is 0.0886. The molecular formula is C23H22FN7O. The Bertz CT molecular complexity index is 1450. The van der Waals surface area contributed by atoms with Gasteiger partial charge in [-0.15, -0.1) is 0 Å². The summed E-state index contributed by atoms with van der Waals surface area (Å²) in [6.07, 6.45) is 3.99. The Balaban J connectivity index is 1.46. The molecular weight excluding hydrogens is 409 g/mol. The summed E-state index contributed by atoms with van der Waals surface area (Å²) in [5.41, 5.74) is 2.79. The molecule has 4 aromatic rings. The topological polar surface area (TPSA) is 81.3 Å². The van der Waals surface area contributed by atoms with Crippen molar-refractivity contribution in [2.45, 2.75) is 38.6 Å². The number of anilines is 1. The van der Waals surface area contributed by atoms with Crippen molar-refractivity contribution in [2.24, 2.45) is 0 Å². The molecule has 0 atom stereocenters. The van der Waals surface area contributed by atoms with Crippen molar-refractivity contribution in [1.29, 1.82) is 0 Å². The van der Waals surface area contributed by atoms with Gasteiger partial charge in [-0.3, -0.25) is 0 Å². The third-order valence-corrected chi connectivity index (χ3v) is 6.08. The summed E-state index contributed by atoms with van der Waals surface area (Å²) in [4.78, 5) is 20.3. The van der Waals surface area contributed by atoms with Gasteiger partial charge in [0.25, 0.3) is 0 Å². The largest absolute Gasteiger partial charge is 0.481 e. The average molecular weight is 434 g/mol. The van der Waals surface area contributed by atoms with E-state index in [0.29, 0.717) is 59.3 Å². The monoisotopic (exact) mass is 434 g/mol. The second-order valence-electron chi connectivity index (χ2n) is 8.19. The number of hydrogen-bond donors (Lipinski definition) is 0. The highest BCUT2D eigenvalue weighted by atomic mass is 19.1. The molecule has 1 saturated carbocycles. The maximum atomic E-state index is 14.7. The molecule has 0 N–H and O–H groups in total. The van der Waals surface area contributed by atoms with Crippen molar-refractivity contribution in [3.63, 3.8) is 0 Å². The van der Waals surface area contributed by atoms with E-state index in [1.54, 1.807) is 29.6 Å². The zero-order valence-electron chi connectivity index (χ0n) is 20.4. The van der Waals surface area contributed by atoms with Crippen LogP contribution >= 0.6 is 0 Å². The minimum Gasteiger partial charge on any atom is -0.481 e. The number of imidazole rings is 1. The first-order valence-corrected chi connectivity index (χ1v) is 10.6. The van der Waals surface area contributed by atoms with Gasteiger partial charge in [0, 0.05) is 24.4 Å². The van der Waals surface area contributed by atoms with Crippen molar-refractivity contribution < 1.29 is 13.2 Å². The van der Waals surface area contributed by atoms with Crippen LogP contribution in [-0.2, 0) is 13.0 Å². The van der Waals surface area contributed by atoms with Crippen molar-refractivity contribution in [3.8, 4) is 17.1 Å². The predicted octanol–water partition coefficient (Wildman–Crippen LogP) is 3.48. The number of hydrogen-bond acceptors (Lipinski definition) is 7. The van der Waals surface area contributed by atoms with Crippen molar-refractivity contribution in [3.05, 3.63) is 59.3 Å². The zero-order valence-corrected chi connectivity index (χ0v) is 17.4. The van der Waals surface area contributed by atoms with E-state index in [1.165, 1.54) is 12.4 Å². The molecule has 6 rings (SSSR count). The number of methoxy groups -OCH3 is 1. The smallest absolute Gasteiger partial charge is 0.221 e. The Kier molecular flexibility index (Phi) is 3.63. The van der Waals surface area contributed by atoms with Crippen LogP contribution in [0.1, 0.15) is 45.8 Å². The van der Waals surface area contributed by atoms with E-state index in [4.69, 9.17) is 13.8 Å². The molecule has 1 aromatic carbocycles. The number of fused-ring (bicyclic) bond motifs is 2. The lowest BCUT2D eigenvalue weighted by Gasteiger charge is -2.30. The summed E-state index contributed by atoms with van der Waals surface area (Å²) in [7, 11) is -2.63. The Labute approximate surface area is 188 Å². The Hall–Kier alpha value is -3.62. The fraction of sp³-hybridized carbons (Fsp3) is 0.348. The lowest BCUT2D eigenvalue weighted by molar-refractivity contribution is 0.385. The van der Waals surface area contributed by atoms with Gasteiger partial charge in [0.2, 0.25) is 5.88 Å². The van der Waals surface area contributed by atoms with Gasteiger partial charge in [-0.2, -0.15) is 10.1 Å². The first kappa shape index (κ1) is 16.1. The third kappa shape index (κ3) is 2.99. The highest BCUT2D eigenvalue weighted by Gasteiger charge is 2.32. The molecule has 0 saturated heterocycles. The van der Waals surface area contributed by atoms with E-state index in [0.717, 1.165) is 18.5 Å². The van der Waals surface area contributed by atoms with Gasteiger partial charge in [-0.25, -0.2) is 23.9 Å². The molecule has 2 aliphatic rings. The minimum atomic E-state index is -2.63. The molecule has 1 fully saturated rings. The van der Waals surface area contributed by atoms with E-state index in [1.807, 2.05) is 4.90 Å². The van der Waals surface area contributed by atoms with Crippen LogP contribution in [0.5, 0.6) is 5.88 Å². The van der Waals surface area contributed by atoms with Crippen molar-refractivity contribution >= 4 is 11.3 Å². The van der Waals surface area contributed by atoms with Gasteiger partial charge < -0.3 is 9.64 Å². The number of aryl methyl sites for hydroxylation is 1. The zero-order chi connectivity index (χ0) is 24.3. The maximum absolute atomic E-state index is 14.7. The highest BCUT2D eigenvalue weighted by Crippen LogP contribution is 2.40. The summed E-state index contributed by atoms with van der Waals surface area (Å²) in [6.45, 7) is 2.67. The summed E-state index contributed by atoms with van der Waals surface area (Å²) in [5, 5.41) is 4.33. The van der Waals surface area contributed by atoms with Gasteiger partial charge in [0.15, 0.2) is 5.82 Å². The summed E-state index contributed by atoms with van der Waals surface area (Å²) < 4.78 is 44.5. The number of aromatic nitrogens is 6. The third-order valence-electron chi connectivity index (χ3n) is 6.08. The first-order chi connectivity index (χ1) is 16.8. The molecule has 0 unspecified atom stereocenters. The van der Waals surface area contributed by atoms with Crippen molar-refractivity contribution in [1.82, 2.24) is 29.5 Å². The molecule has 1 aliphatic carbocycles. The lowest BCUT2D eigenvalue weighted by atomic mass is 10.1. The van der Waals surface area contributed by atoms with Gasteiger partial charge in [0.05, 0.1) is 29.0 Å². The average Bonchev–Trinajstić information content (AvgIpc) is 3.62. The molecule has 32 heavy (non-hydrogen) atoms. The Morgan fingerprint density at radius 1 is 1.19 bits per heavy atom. The molecule has 1 aliphatic heterocycles. The fourth-order valence-electron chi connectivity index (χ4n) is 4.32. The number of nitrogens with zero attached hydrogens (tertiary/aromatic N) is 7. The quantitative estimate of drug-likeness (QED) is 0.486. The van der Waals surface area contributed by atoms with E-state index in [2.05, 4.69) is 20.1 Å².